The summed E-state index contributed by atoms with van der Waals surface area (Å²) in [6.45, 7) is 0. The zero-order valence-corrected chi connectivity index (χ0v) is 12.7. The van der Waals surface area contributed by atoms with E-state index in [2.05, 4.69) is 0 Å². The largest absolute Gasteiger partial charge is 0.508 e. The fourth-order valence-electron chi connectivity index (χ4n) is 2.93. The van der Waals surface area contributed by atoms with E-state index in [1.54, 1.807) is 0 Å². The van der Waals surface area contributed by atoms with Crippen LogP contribution in [0.3, 0.4) is 0 Å². The number of ether oxygens (including phenoxy) is 1. The molecule has 1 heterocycles. The molecule has 0 aliphatic carbocycles. The number of fused-ring (bicyclic) bond motifs is 2. The highest BCUT2D eigenvalue weighted by Crippen LogP contribution is 2.41. The van der Waals surface area contributed by atoms with Crippen LogP contribution in [0.2, 0.25) is 0 Å². The molecule has 0 saturated heterocycles. The predicted octanol–water partition coefficient (Wildman–Crippen LogP) is 4.30. The highest BCUT2D eigenvalue weighted by Gasteiger charge is 2.25. The SMILES string of the molecule is O=C1Cc2ccc(-c3ccccc3)cc2Oc2cc(O)cc(O)c21. The topological polar surface area (TPSA) is 66.8 Å². The molecule has 0 bridgehead atoms. The lowest BCUT2D eigenvalue weighted by atomic mass is 9.99. The van der Waals surface area contributed by atoms with Gasteiger partial charge in [0.1, 0.15) is 28.6 Å². The number of benzene rings is 3. The van der Waals surface area contributed by atoms with Crippen LogP contribution in [0.25, 0.3) is 11.1 Å². The van der Waals surface area contributed by atoms with E-state index in [1.165, 1.54) is 6.07 Å². The van der Waals surface area contributed by atoms with E-state index in [4.69, 9.17) is 4.74 Å². The molecular weight excluding hydrogens is 304 g/mol. The first kappa shape index (κ1) is 14.3. The summed E-state index contributed by atoms with van der Waals surface area (Å²) in [5.74, 6) is 0.0522. The molecule has 1 aliphatic heterocycles. The van der Waals surface area contributed by atoms with Crippen molar-refractivity contribution in [3.63, 3.8) is 0 Å². The van der Waals surface area contributed by atoms with Gasteiger partial charge in [0.2, 0.25) is 0 Å². The van der Waals surface area contributed by atoms with Crippen LogP contribution in [0.1, 0.15) is 15.9 Å². The number of ketones is 1. The molecule has 1 aliphatic rings. The van der Waals surface area contributed by atoms with Crippen molar-refractivity contribution in [1.82, 2.24) is 0 Å². The molecule has 0 spiro atoms. The molecule has 0 fully saturated rings. The molecule has 0 radical (unpaired) electrons. The van der Waals surface area contributed by atoms with Gasteiger partial charge in [-0.3, -0.25) is 4.79 Å². The minimum absolute atomic E-state index is 0.102. The van der Waals surface area contributed by atoms with Crippen LogP contribution in [0, 0.1) is 0 Å². The molecule has 118 valence electrons. The number of Topliss-reactive ketones (excluding diaryl/α,β-unsaturated/α-hetero) is 1. The minimum atomic E-state index is -0.272. The smallest absolute Gasteiger partial charge is 0.174 e. The maximum absolute atomic E-state index is 12.4. The number of carbonyl (C=O) groups excluding carboxylic acids is 1. The lowest BCUT2D eigenvalue weighted by Crippen LogP contribution is -2.02. The molecule has 0 amide bonds. The van der Waals surface area contributed by atoms with E-state index in [9.17, 15) is 15.0 Å². The van der Waals surface area contributed by atoms with Gasteiger partial charge < -0.3 is 14.9 Å². The van der Waals surface area contributed by atoms with Crippen molar-refractivity contribution in [2.75, 3.05) is 0 Å². The predicted molar refractivity (Wildman–Crippen MR) is 89.8 cm³/mol. The number of hydrogen-bond donors (Lipinski definition) is 2. The third kappa shape index (κ3) is 2.38. The molecular formula is C20H14O4. The van der Waals surface area contributed by atoms with Gasteiger partial charge in [0.25, 0.3) is 0 Å². The molecule has 4 rings (SSSR count). The van der Waals surface area contributed by atoms with E-state index in [0.29, 0.717) is 5.75 Å². The summed E-state index contributed by atoms with van der Waals surface area (Å²) in [5, 5.41) is 19.7. The van der Waals surface area contributed by atoms with Gasteiger partial charge in [0.15, 0.2) is 5.78 Å². The zero-order valence-electron chi connectivity index (χ0n) is 12.7. The van der Waals surface area contributed by atoms with E-state index in [0.717, 1.165) is 22.8 Å². The van der Waals surface area contributed by atoms with E-state index in [-0.39, 0.29) is 35.0 Å². The monoisotopic (exact) mass is 318 g/mol. The summed E-state index contributed by atoms with van der Waals surface area (Å²) in [4.78, 5) is 12.4. The van der Waals surface area contributed by atoms with Crippen molar-refractivity contribution >= 4 is 5.78 Å². The quantitative estimate of drug-likeness (QED) is 0.702. The Morgan fingerprint density at radius 1 is 0.833 bits per heavy atom. The summed E-state index contributed by atoms with van der Waals surface area (Å²) >= 11 is 0. The minimum Gasteiger partial charge on any atom is -0.508 e. The average Bonchev–Trinajstić information content (AvgIpc) is 2.70. The molecule has 4 heteroatoms. The molecule has 0 saturated carbocycles. The van der Waals surface area contributed by atoms with Crippen LogP contribution < -0.4 is 4.74 Å². The molecule has 0 unspecified atom stereocenters. The Morgan fingerprint density at radius 3 is 2.42 bits per heavy atom. The van der Waals surface area contributed by atoms with Crippen LogP contribution in [0.15, 0.2) is 60.7 Å². The third-order valence-corrected chi connectivity index (χ3v) is 4.09. The Labute approximate surface area is 138 Å². The Balaban J connectivity index is 1.85. The summed E-state index contributed by atoms with van der Waals surface area (Å²) in [7, 11) is 0. The Morgan fingerprint density at radius 2 is 1.62 bits per heavy atom. The first-order valence-corrected chi connectivity index (χ1v) is 7.57. The number of hydrogen-bond acceptors (Lipinski definition) is 4. The molecule has 0 atom stereocenters. The van der Waals surface area contributed by atoms with Crippen molar-refractivity contribution in [2.24, 2.45) is 0 Å². The Hall–Kier alpha value is -3.27. The number of phenolic OH excluding ortho intramolecular Hbond substituents is 2. The van der Waals surface area contributed by atoms with Crippen molar-refractivity contribution in [2.45, 2.75) is 6.42 Å². The highest BCUT2D eigenvalue weighted by molar-refractivity contribution is 6.03. The van der Waals surface area contributed by atoms with Gasteiger partial charge in [0.05, 0.1) is 0 Å². The first-order chi connectivity index (χ1) is 11.6. The molecule has 3 aromatic rings. The number of phenols is 2. The molecule has 4 nitrogen and oxygen atoms in total. The van der Waals surface area contributed by atoms with Gasteiger partial charge in [0, 0.05) is 24.1 Å². The number of carbonyl (C=O) groups is 1. The van der Waals surface area contributed by atoms with Gasteiger partial charge in [-0.2, -0.15) is 0 Å². The van der Waals surface area contributed by atoms with Crippen molar-refractivity contribution in [1.29, 1.82) is 0 Å². The van der Waals surface area contributed by atoms with Gasteiger partial charge in [-0.15, -0.1) is 0 Å². The maximum Gasteiger partial charge on any atom is 0.174 e. The molecule has 2 N–H and O–H groups in total. The standard InChI is InChI=1S/C20H14O4/c21-15-10-17(23)20-16(22)8-14-7-6-13(12-4-2-1-3-5-12)9-18(14)24-19(20)11-15/h1-7,9-11,21,23H,8H2. The second kappa shape index (κ2) is 5.42. The Kier molecular flexibility index (Phi) is 3.24. The van der Waals surface area contributed by atoms with Crippen LogP contribution in [-0.2, 0) is 6.42 Å². The van der Waals surface area contributed by atoms with Crippen molar-refractivity contribution in [3.05, 3.63) is 71.8 Å². The highest BCUT2D eigenvalue weighted by atomic mass is 16.5. The number of aromatic hydroxyl groups is 2. The van der Waals surface area contributed by atoms with Crippen molar-refractivity contribution in [3.8, 4) is 34.1 Å². The number of rotatable bonds is 1. The lowest BCUT2D eigenvalue weighted by Gasteiger charge is -2.11. The fourth-order valence-corrected chi connectivity index (χ4v) is 2.93. The lowest BCUT2D eigenvalue weighted by molar-refractivity contribution is 0.0991. The normalized spacial score (nSPS) is 12.8. The van der Waals surface area contributed by atoms with E-state index < -0.39 is 0 Å². The zero-order chi connectivity index (χ0) is 16.7. The summed E-state index contributed by atoms with van der Waals surface area (Å²) < 4.78 is 5.86. The van der Waals surface area contributed by atoms with E-state index in [1.807, 2.05) is 48.5 Å². The maximum atomic E-state index is 12.4. The first-order valence-electron chi connectivity index (χ1n) is 7.57. The summed E-state index contributed by atoms with van der Waals surface area (Å²) in [6.07, 6.45) is 0.135. The summed E-state index contributed by atoms with van der Waals surface area (Å²) in [6, 6.07) is 18.0. The second-order valence-corrected chi connectivity index (χ2v) is 5.73. The van der Waals surface area contributed by atoms with Gasteiger partial charge in [-0.25, -0.2) is 0 Å². The van der Waals surface area contributed by atoms with Crippen LogP contribution in [0.5, 0.6) is 23.0 Å². The van der Waals surface area contributed by atoms with Crippen LogP contribution in [0.4, 0.5) is 0 Å². The molecule has 3 aromatic carbocycles. The van der Waals surface area contributed by atoms with Crippen LogP contribution in [-0.4, -0.2) is 16.0 Å². The van der Waals surface area contributed by atoms with Crippen molar-refractivity contribution < 1.29 is 19.7 Å². The molecule has 24 heavy (non-hydrogen) atoms. The Bertz CT molecular complexity index is 945. The molecule has 0 aromatic heterocycles. The van der Waals surface area contributed by atoms with E-state index >= 15 is 0 Å². The van der Waals surface area contributed by atoms with Crippen LogP contribution >= 0.6 is 0 Å². The fraction of sp³-hybridized carbons (Fsp3) is 0.0500. The van der Waals surface area contributed by atoms with Gasteiger partial charge in [-0.1, -0.05) is 42.5 Å². The summed E-state index contributed by atoms with van der Waals surface area (Å²) in [5.41, 5.74) is 2.85. The second-order valence-electron chi connectivity index (χ2n) is 5.73. The van der Waals surface area contributed by atoms with Gasteiger partial charge in [-0.05, 0) is 17.2 Å². The third-order valence-electron chi connectivity index (χ3n) is 4.09. The average molecular weight is 318 g/mol. The van der Waals surface area contributed by atoms with Gasteiger partial charge >= 0.3 is 0 Å².